The monoisotopic (exact) mass is 348 g/mol. The molecule has 0 aliphatic carbocycles. The Morgan fingerprint density at radius 3 is 2.75 bits per heavy atom. The van der Waals surface area contributed by atoms with Gasteiger partial charge in [-0.15, -0.1) is 0 Å². The molecule has 0 saturated carbocycles. The van der Waals surface area contributed by atoms with Crippen molar-refractivity contribution in [2.45, 2.75) is 13.3 Å². The van der Waals surface area contributed by atoms with Crippen molar-refractivity contribution < 1.29 is 14.5 Å². The molecule has 1 N–H and O–H groups in total. The molecule has 0 aliphatic rings. The molecule has 0 spiro atoms. The van der Waals surface area contributed by atoms with Gasteiger partial charge in [-0.3, -0.25) is 14.9 Å². The van der Waals surface area contributed by atoms with Gasteiger partial charge in [0.1, 0.15) is 0 Å². The molecule has 24 heavy (non-hydrogen) atoms. The van der Waals surface area contributed by atoms with Gasteiger partial charge in [0.2, 0.25) is 0 Å². The van der Waals surface area contributed by atoms with Crippen LogP contribution in [0.25, 0.3) is 0 Å². The van der Waals surface area contributed by atoms with Gasteiger partial charge in [-0.05, 0) is 43.2 Å². The normalized spacial score (nSPS) is 10.2. The Morgan fingerprint density at radius 1 is 1.29 bits per heavy atom. The molecule has 7 heteroatoms. The Hall–Kier alpha value is -2.60. The first-order chi connectivity index (χ1) is 11.5. The van der Waals surface area contributed by atoms with Crippen LogP contribution in [0.4, 0.5) is 5.69 Å². The van der Waals surface area contributed by atoms with Crippen LogP contribution in [-0.2, 0) is 6.42 Å². The first-order valence-electron chi connectivity index (χ1n) is 7.45. The number of hydrogen-bond donors (Lipinski definition) is 1. The van der Waals surface area contributed by atoms with E-state index in [0.29, 0.717) is 24.6 Å². The molecule has 2 rings (SSSR count). The predicted molar refractivity (Wildman–Crippen MR) is 91.8 cm³/mol. The van der Waals surface area contributed by atoms with Crippen LogP contribution in [0, 0.1) is 10.1 Å². The van der Waals surface area contributed by atoms with Gasteiger partial charge in [0.15, 0.2) is 5.75 Å². The first kappa shape index (κ1) is 17.7. The van der Waals surface area contributed by atoms with E-state index < -0.39 is 4.92 Å². The van der Waals surface area contributed by atoms with Crippen LogP contribution in [0.15, 0.2) is 42.5 Å². The van der Waals surface area contributed by atoms with Crippen LogP contribution in [0.2, 0.25) is 5.02 Å². The van der Waals surface area contributed by atoms with Gasteiger partial charge in [-0.25, -0.2) is 0 Å². The molecule has 0 unspecified atom stereocenters. The average molecular weight is 349 g/mol. The third-order valence-electron chi connectivity index (χ3n) is 3.31. The summed E-state index contributed by atoms with van der Waals surface area (Å²) < 4.78 is 5.20. The molecule has 1 amide bonds. The highest BCUT2D eigenvalue weighted by molar-refractivity contribution is 6.30. The maximum Gasteiger partial charge on any atom is 0.311 e. The lowest BCUT2D eigenvalue weighted by Crippen LogP contribution is -2.25. The van der Waals surface area contributed by atoms with Crippen LogP contribution >= 0.6 is 11.6 Å². The second-order valence-electron chi connectivity index (χ2n) is 5.01. The third kappa shape index (κ3) is 4.70. The fraction of sp³-hybridized carbons (Fsp3) is 0.235. The van der Waals surface area contributed by atoms with Crippen LogP contribution < -0.4 is 10.1 Å². The Bertz CT molecular complexity index is 749. The zero-order valence-corrected chi connectivity index (χ0v) is 13.9. The molecule has 2 aromatic rings. The second-order valence-corrected chi connectivity index (χ2v) is 5.44. The fourth-order valence-electron chi connectivity index (χ4n) is 2.19. The fourth-order valence-corrected chi connectivity index (χ4v) is 2.41. The SMILES string of the molecule is CCOc1ccc(C(=O)NCCc2cccc(Cl)c2)cc1[N+](=O)[O-]. The van der Waals surface area contributed by atoms with Gasteiger partial charge >= 0.3 is 5.69 Å². The Balaban J connectivity index is 2.01. The largest absolute Gasteiger partial charge is 0.487 e. The third-order valence-corrected chi connectivity index (χ3v) is 3.54. The standard InChI is InChI=1S/C17H17ClN2O4/c1-2-24-16-7-6-13(11-15(16)20(22)23)17(21)19-9-8-12-4-3-5-14(18)10-12/h3-7,10-11H,2,8-9H2,1H3,(H,19,21). The van der Waals surface area contributed by atoms with Crippen molar-refractivity contribution in [2.75, 3.05) is 13.2 Å². The quantitative estimate of drug-likeness (QED) is 0.612. The van der Waals surface area contributed by atoms with Crippen LogP contribution in [-0.4, -0.2) is 24.0 Å². The number of carbonyl (C=O) groups excluding carboxylic acids is 1. The molecule has 0 fully saturated rings. The molecule has 0 atom stereocenters. The van der Waals surface area contributed by atoms with Crippen LogP contribution in [0.5, 0.6) is 5.75 Å². The molecular weight excluding hydrogens is 332 g/mol. The van der Waals surface area contributed by atoms with Crippen molar-refractivity contribution in [1.29, 1.82) is 0 Å². The van der Waals surface area contributed by atoms with Crippen molar-refractivity contribution in [3.8, 4) is 5.75 Å². The predicted octanol–water partition coefficient (Wildman–Crippen LogP) is 3.62. The molecular formula is C17H17ClN2O4. The number of nitro benzene ring substituents is 1. The van der Waals surface area contributed by atoms with Gasteiger partial charge in [0.05, 0.1) is 11.5 Å². The summed E-state index contributed by atoms with van der Waals surface area (Å²) in [6.07, 6.45) is 0.616. The Kier molecular flexibility index (Phi) is 6.14. The molecule has 0 bridgehead atoms. The van der Waals surface area contributed by atoms with Gasteiger partial charge in [0.25, 0.3) is 5.91 Å². The highest BCUT2D eigenvalue weighted by Gasteiger charge is 2.18. The number of nitrogens with one attached hydrogen (secondary N) is 1. The van der Waals surface area contributed by atoms with E-state index in [4.69, 9.17) is 16.3 Å². The lowest BCUT2D eigenvalue weighted by atomic mass is 10.1. The van der Waals surface area contributed by atoms with Crippen LogP contribution in [0.1, 0.15) is 22.8 Å². The number of ether oxygens (including phenoxy) is 1. The topological polar surface area (TPSA) is 81.5 Å². The van der Waals surface area contributed by atoms with Crippen molar-refractivity contribution in [2.24, 2.45) is 0 Å². The number of benzene rings is 2. The lowest BCUT2D eigenvalue weighted by molar-refractivity contribution is -0.385. The van der Waals surface area contributed by atoms with Gasteiger partial charge in [-0.1, -0.05) is 23.7 Å². The summed E-state index contributed by atoms with van der Waals surface area (Å²) in [6, 6.07) is 11.5. The zero-order chi connectivity index (χ0) is 17.5. The summed E-state index contributed by atoms with van der Waals surface area (Å²) in [5, 5.41) is 14.5. The van der Waals surface area contributed by atoms with E-state index in [-0.39, 0.29) is 22.9 Å². The summed E-state index contributed by atoms with van der Waals surface area (Å²) >= 11 is 5.91. The minimum atomic E-state index is -0.562. The molecule has 0 radical (unpaired) electrons. The number of nitro groups is 1. The summed E-state index contributed by atoms with van der Waals surface area (Å²) in [7, 11) is 0. The highest BCUT2D eigenvalue weighted by Crippen LogP contribution is 2.27. The Labute approximate surface area is 144 Å². The van der Waals surface area contributed by atoms with Crippen LogP contribution in [0.3, 0.4) is 0 Å². The van der Waals surface area contributed by atoms with Crippen molar-refractivity contribution >= 4 is 23.2 Å². The summed E-state index contributed by atoms with van der Waals surface area (Å²) in [6.45, 7) is 2.45. The van der Waals surface area contributed by atoms with Crippen molar-refractivity contribution in [3.05, 3.63) is 68.7 Å². The molecule has 2 aromatic carbocycles. The Morgan fingerprint density at radius 2 is 2.08 bits per heavy atom. The maximum atomic E-state index is 12.1. The number of carbonyl (C=O) groups is 1. The van der Waals surface area contributed by atoms with E-state index in [2.05, 4.69) is 5.32 Å². The number of hydrogen-bond acceptors (Lipinski definition) is 4. The zero-order valence-electron chi connectivity index (χ0n) is 13.1. The van der Waals surface area contributed by atoms with Gasteiger partial charge in [0, 0.05) is 23.2 Å². The summed E-state index contributed by atoms with van der Waals surface area (Å²) in [5.41, 5.74) is 0.996. The molecule has 6 nitrogen and oxygen atoms in total. The number of nitrogens with zero attached hydrogens (tertiary/aromatic N) is 1. The highest BCUT2D eigenvalue weighted by atomic mass is 35.5. The van der Waals surface area contributed by atoms with E-state index in [0.717, 1.165) is 5.56 Å². The second kappa shape index (κ2) is 8.31. The van der Waals surface area contributed by atoms with Gasteiger partial charge in [-0.2, -0.15) is 0 Å². The van der Waals surface area contributed by atoms with E-state index in [1.807, 2.05) is 18.2 Å². The molecule has 0 saturated heterocycles. The minimum absolute atomic E-state index is 0.151. The smallest absolute Gasteiger partial charge is 0.311 e. The summed E-state index contributed by atoms with van der Waals surface area (Å²) in [5.74, 6) is -0.221. The number of halogens is 1. The first-order valence-corrected chi connectivity index (χ1v) is 7.83. The minimum Gasteiger partial charge on any atom is -0.487 e. The van der Waals surface area contributed by atoms with E-state index >= 15 is 0 Å². The molecule has 0 aliphatic heterocycles. The maximum absolute atomic E-state index is 12.1. The number of rotatable bonds is 7. The van der Waals surface area contributed by atoms with Crippen molar-refractivity contribution in [3.63, 3.8) is 0 Å². The number of amides is 1. The van der Waals surface area contributed by atoms with Gasteiger partial charge < -0.3 is 10.1 Å². The summed E-state index contributed by atoms with van der Waals surface area (Å²) in [4.78, 5) is 22.7. The molecule has 0 heterocycles. The van der Waals surface area contributed by atoms with E-state index in [1.165, 1.54) is 18.2 Å². The van der Waals surface area contributed by atoms with E-state index in [1.54, 1.807) is 13.0 Å². The molecule has 0 aromatic heterocycles. The molecule has 126 valence electrons. The average Bonchev–Trinajstić information content (AvgIpc) is 2.55. The van der Waals surface area contributed by atoms with Crippen molar-refractivity contribution in [1.82, 2.24) is 5.32 Å². The lowest BCUT2D eigenvalue weighted by Gasteiger charge is -2.08. The van der Waals surface area contributed by atoms with E-state index in [9.17, 15) is 14.9 Å².